The number of aryl methyl sites for hydroxylation is 12. The number of rotatable bonds is 45. The molecule has 0 aliphatic rings. The summed E-state index contributed by atoms with van der Waals surface area (Å²) in [5.74, 6) is -8.36. The second-order valence-corrected chi connectivity index (χ2v) is 35.3. The van der Waals surface area contributed by atoms with Gasteiger partial charge in [-0.05, 0) is 67.1 Å². The summed E-state index contributed by atoms with van der Waals surface area (Å²) in [7, 11) is 27.3. The molecule has 50 nitrogen and oxygen atoms in total. The number of nitrogens with one attached hydrogen (secondary N) is 19. The first-order chi connectivity index (χ1) is 68.3. The zero-order valence-corrected chi connectivity index (χ0v) is 82.5. The number of quaternary nitrogens is 2. The third-order valence-electron chi connectivity index (χ3n) is 22.7. The van der Waals surface area contributed by atoms with Gasteiger partial charge in [0.05, 0.1) is 98.2 Å². The fraction of sp³-hybridized carbons (Fsp3) is 0.330. The predicted octanol–water partition coefficient (Wildman–Crippen LogP) is 1.86. The Bertz CT molecular complexity index is 6950. The average molecular weight is 1980 g/mol. The fourth-order valence-electron chi connectivity index (χ4n) is 15.5. The number of nitrogens with zero attached hydrogens (tertiary/aromatic N) is 14. The molecule has 0 unspecified atom stereocenters. The van der Waals surface area contributed by atoms with E-state index in [2.05, 4.69) is 100 Å². The van der Waals surface area contributed by atoms with Crippen LogP contribution in [0.15, 0.2) is 135 Å². The molecule has 0 spiro atoms. The van der Waals surface area contributed by atoms with Gasteiger partial charge in [0.1, 0.15) is 56.9 Å². The largest absolute Gasteiger partial charge is 0.356 e. The van der Waals surface area contributed by atoms with Gasteiger partial charge in [-0.2, -0.15) is 0 Å². The third kappa shape index (κ3) is 27.8. The molecule has 17 amide bonds. The van der Waals surface area contributed by atoms with Crippen molar-refractivity contribution in [2.24, 2.45) is 84.6 Å². The Kier molecular flexibility index (Phi) is 34.1. The Morgan fingerprint density at radius 3 is 0.701 bits per heavy atom. The maximum absolute atomic E-state index is 13.7. The van der Waals surface area contributed by atoms with Crippen molar-refractivity contribution < 1.29 is 91.3 Å². The molecule has 0 fully saturated rings. The molecule has 0 saturated heterocycles. The second kappa shape index (κ2) is 46.7. The van der Waals surface area contributed by atoms with Crippen molar-refractivity contribution in [2.45, 2.75) is 51.4 Å². The van der Waals surface area contributed by atoms with Crippen LogP contribution in [-0.4, -0.2) is 239 Å². The summed E-state index contributed by atoms with van der Waals surface area (Å²) >= 11 is 0. The van der Waals surface area contributed by atoms with Crippen LogP contribution in [0.4, 0.5) is 68.5 Å². The van der Waals surface area contributed by atoms with Gasteiger partial charge in [0.15, 0.2) is 11.6 Å². The number of anilines is 12. The normalized spacial score (nSPS) is 11.1. The van der Waals surface area contributed by atoms with Crippen molar-refractivity contribution >= 4 is 169 Å². The van der Waals surface area contributed by atoms with Crippen LogP contribution >= 0.6 is 0 Å². The van der Waals surface area contributed by atoms with Crippen molar-refractivity contribution in [1.82, 2.24) is 91.4 Å². The lowest BCUT2D eigenvalue weighted by molar-refractivity contribution is -0.858. The molecule has 0 aliphatic carbocycles. The molecule has 0 atom stereocenters. The number of aromatic nitrogens is 14. The molecular formula is C94H119N33O17+2. The molecule has 0 aliphatic heterocycles. The van der Waals surface area contributed by atoms with E-state index in [-0.39, 0.29) is 184 Å². The first-order valence-electron chi connectivity index (χ1n) is 45.7. The molecular weight excluding hydrogens is 1860 g/mol. The summed E-state index contributed by atoms with van der Waals surface area (Å²) in [6, 6.07) is 14.7. The van der Waals surface area contributed by atoms with E-state index in [9.17, 15) is 81.5 Å². The minimum absolute atomic E-state index is 0.0382. The molecule has 50 heteroatoms. The average Bonchev–Trinajstić information content (AvgIpc) is 1.70. The van der Waals surface area contributed by atoms with Gasteiger partial charge in [-0.3, -0.25) is 81.5 Å². The van der Waals surface area contributed by atoms with Gasteiger partial charge in [0.2, 0.25) is 41.2 Å². The molecule has 760 valence electrons. The van der Waals surface area contributed by atoms with Crippen LogP contribution in [-0.2, 0) is 109 Å². The van der Waals surface area contributed by atoms with Crippen molar-refractivity contribution in [1.29, 1.82) is 0 Å². The number of hydrogen-bond acceptors (Lipinski definition) is 19. The molecule has 0 aromatic carbocycles. The lowest BCUT2D eigenvalue weighted by Crippen LogP contribution is -3.05. The first kappa shape index (κ1) is 105. The van der Waals surface area contributed by atoms with E-state index < -0.39 is 88.6 Å². The quantitative estimate of drug-likeness (QED) is 0.0242. The lowest BCUT2D eigenvalue weighted by atomic mass is 10.3. The van der Waals surface area contributed by atoms with Crippen LogP contribution in [0.5, 0.6) is 0 Å². The fourth-order valence-corrected chi connectivity index (χ4v) is 15.5. The van der Waals surface area contributed by atoms with Crippen LogP contribution in [0.3, 0.4) is 0 Å². The van der Waals surface area contributed by atoms with Crippen LogP contribution in [0.2, 0.25) is 0 Å². The van der Waals surface area contributed by atoms with Gasteiger partial charge < -0.3 is 155 Å². The highest BCUT2D eigenvalue weighted by molar-refractivity contribution is 6.12. The zero-order valence-electron chi connectivity index (χ0n) is 82.5. The van der Waals surface area contributed by atoms with E-state index in [4.69, 9.17) is 0 Å². The number of amides is 17. The molecule has 12 rings (SSSR count). The Morgan fingerprint density at radius 1 is 0.208 bits per heavy atom. The molecule has 0 bridgehead atoms. The minimum Gasteiger partial charge on any atom is -0.356 e. The smallest absolute Gasteiger partial charge is 0.291 e. The van der Waals surface area contributed by atoms with Crippen molar-refractivity contribution in [2.75, 3.05) is 138 Å². The Labute approximate surface area is 825 Å². The van der Waals surface area contributed by atoms with Crippen LogP contribution < -0.4 is 100 Å². The lowest BCUT2D eigenvalue weighted by Gasteiger charge is -2.09. The Hall–Kier alpha value is -17.9. The highest BCUT2D eigenvalue weighted by atomic mass is 16.2. The highest BCUT2D eigenvalue weighted by Crippen LogP contribution is 2.27. The van der Waals surface area contributed by atoms with E-state index in [0.29, 0.717) is 42.1 Å². The zero-order chi connectivity index (χ0) is 104. The van der Waals surface area contributed by atoms with Crippen LogP contribution in [0.1, 0.15) is 177 Å². The Morgan fingerprint density at radius 2 is 0.417 bits per heavy atom. The molecule has 12 aromatic rings. The molecule has 144 heavy (non-hydrogen) atoms. The maximum Gasteiger partial charge on any atom is 0.291 e. The van der Waals surface area contributed by atoms with Gasteiger partial charge >= 0.3 is 0 Å². The molecule has 12 aromatic heterocycles. The first-order valence-corrected chi connectivity index (χ1v) is 45.7. The number of hydrogen-bond donors (Lipinski definition) is 19. The predicted molar refractivity (Wildman–Crippen MR) is 533 cm³/mol. The molecule has 12 heterocycles. The maximum atomic E-state index is 13.7. The number of imidazole rings is 2. The Balaban J connectivity index is 0.516. The second-order valence-electron chi connectivity index (χ2n) is 35.3. The summed E-state index contributed by atoms with van der Waals surface area (Å²) < 4.78 is 17.9. The summed E-state index contributed by atoms with van der Waals surface area (Å²) in [4.78, 5) is 236. The van der Waals surface area contributed by atoms with E-state index in [1.165, 1.54) is 166 Å². The van der Waals surface area contributed by atoms with Crippen LogP contribution in [0, 0.1) is 0 Å². The number of carbonyl (C=O) groups is 17. The monoisotopic (exact) mass is 1980 g/mol. The van der Waals surface area contributed by atoms with E-state index in [1.54, 1.807) is 118 Å². The van der Waals surface area contributed by atoms with Crippen molar-refractivity contribution in [3.63, 3.8) is 0 Å². The standard InChI is InChI=1S/C94H117N33O17/c1-114(2)30-18-21-77(129)100-54-34-73(122(11)42-54)92(142)113-75-53-127(16)82(112-75)94(144)108-62-38-64(119(8)50-62)83(133)96-25-17-20-78(130)110-74-52-126(15)81(111-74)93(143)109-63-41-72(125(14)51-63)91(141)105-59-37-67(118(7)47-59)86(136)99-29-24-80(132)102-56-33-69(121(10)44-56)88(138)107-61-40-71(124(13)49-61)90(140)104-58-36-66(117(6)46-58)85(135)98-28-23-79(131)101-55-32-68(120(9)43-55)87(137)106-60-39-70(123(12)48-60)89(139)103-57-35-65(116(5)45-57)84(134)97-27-22-76(128)95-26-19-31-115(3)4/h32-53H,17-31H2,1-16H3,(H,95,128)(H,96,133)(H,97,134)(H,98,135)(H,99,136)(H,100,129)(H,101,131)(H,102,132)(H,103,139)(H,104,140)(H,105,141)(H,106,137)(H,107,138)(H,108,144)(H,109,143)(H,110,130)(H,113,142)/p+2. The van der Waals surface area contributed by atoms with E-state index in [0.717, 1.165) is 19.5 Å². The summed E-state index contributed by atoms with van der Waals surface area (Å²) in [6.07, 6.45) is 20.1. The van der Waals surface area contributed by atoms with E-state index >= 15 is 0 Å². The highest BCUT2D eigenvalue weighted by Gasteiger charge is 2.28. The molecule has 0 saturated carbocycles. The SMILES string of the molecule is Cn1cc(NC(=O)c2nc(NC(=O)c3cc(NC(=O)CCC[NH+](C)C)cn3C)cn2C)cc1C(=O)NCCCC(=O)Nc1cn(C)c(C(=O)Nc2cc(C(=O)Nc3cc(C(=O)NCCC(=O)Nc4cc(C(=O)Nc5cc(C(=O)Nc6cc(C(=O)NCCC(=O)Nc7cc(C(=O)Nc8cc(C(=O)Nc9cc(C(=O)NCCC(=O)NCCC[NH+](C)C)n(C)c9)n(C)c8)n(C)c7)n(C)c6)n(C)c5)n(C)c4)n(C)c3)n(C)c2)n1. The van der Waals surface area contributed by atoms with Gasteiger partial charge in [-0.15, -0.1) is 0 Å². The third-order valence-corrected chi connectivity index (χ3v) is 22.7. The number of carbonyl (C=O) groups excluding carboxylic acids is 17. The van der Waals surface area contributed by atoms with Crippen molar-refractivity contribution in [3.05, 3.63) is 204 Å². The molecule has 0 radical (unpaired) electrons. The summed E-state index contributed by atoms with van der Waals surface area (Å²) in [5.41, 5.74) is 4.70. The minimum atomic E-state index is -0.667. The van der Waals surface area contributed by atoms with Gasteiger partial charge in [-0.25, -0.2) is 9.97 Å². The van der Waals surface area contributed by atoms with Gasteiger partial charge in [0.25, 0.3) is 70.9 Å². The molecule has 19 N–H and O–H groups in total. The summed E-state index contributed by atoms with van der Waals surface area (Å²) in [5, 5.41) is 46.6. The van der Waals surface area contributed by atoms with E-state index in [1.807, 2.05) is 28.2 Å². The topological polar surface area (TPSA) is 589 Å². The van der Waals surface area contributed by atoms with Gasteiger partial charge in [0, 0.05) is 237 Å². The van der Waals surface area contributed by atoms with Gasteiger partial charge in [-0.1, -0.05) is 0 Å². The summed E-state index contributed by atoms with van der Waals surface area (Å²) in [6.45, 7) is 2.33. The van der Waals surface area contributed by atoms with Crippen molar-refractivity contribution in [3.8, 4) is 0 Å². The van der Waals surface area contributed by atoms with Crippen LogP contribution in [0.25, 0.3) is 0 Å².